The molecule has 0 aliphatic rings. The molecule has 0 spiro atoms. The van der Waals surface area contributed by atoms with Crippen molar-refractivity contribution in [1.82, 2.24) is 19.2 Å². The highest BCUT2D eigenvalue weighted by Crippen LogP contribution is 2.26. The molecule has 104 valence electrons. The normalized spacial score (nSPS) is 12.2. The summed E-state index contributed by atoms with van der Waals surface area (Å²) < 4.78 is 31.5. The summed E-state index contributed by atoms with van der Waals surface area (Å²) in [4.78, 5) is 5.08. The van der Waals surface area contributed by atoms with Crippen LogP contribution in [0.4, 0.5) is 0 Å². The third-order valence-electron chi connectivity index (χ3n) is 2.42. The molecule has 2 heterocycles. The van der Waals surface area contributed by atoms with Crippen LogP contribution in [-0.2, 0) is 16.8 Å². The van der Waals surface area contributed by atoms with Gasteiger partial charge in [-0.2, -0.15) is 22.4 Å². The topological polar surface area (TPSA) is 88.3 Å². The van der Waals surface area contributed by atoms with Gasteiger partial charge in [0.25, 0.3) is 10.2 Å². The van der Waals surface area contributed by atoms with Crippen LogP contribution in [0.2, 0.25) is 0 Å². The van der Waals surface area contributed by atoms with E-state index in [1.165, 1.54) is 25.4 Å². The van der Waals surface area contributed by atoms with E-state index in [1.807, 2.05) is 18.4 Å². The Kier molecular flexibility index (Phi) is 3.99. The van der Waals surface area contributed by atoms with Crippen molar-refractivity contribution in [3.63, 3.8) is 0 Å². The summed E-state index contributed by atoms with van der Waals surface area (Å²) in [6.45, 7) is 1.93. The van der Waals surface area contributed by atoms with Gasteiger partial charge < -0.3 is 4.52 Å². The number of rotatable bonds is 5. The van der Waals surface area contributed by atoms with Crippen LogP contribution in [0, 0.1) is 6.92 Å². The van der Waals surface area contributed by atoms with Gasteiger partial charge >= 0.3 is 0 Å². The molecule has 0 aromatic carbocycles. The van der Waals surface area contributed by atoms with Crippen LogP contribution < -0.4 is 4.72 Å². The first-order valence-electron chi connectivity index (χ1n) is 5.44. The minimum Gasteiger partial charge on any atom is -0.337 e. The van der Waals surface area contributed by atoms with Crippen molar-refractivity contribution in [2.24, 2.45) is 0 Å². The molecule has 0 atom stereocenters. The van der Waals surface area contributed by atoms with E-state index in [1.54, 1.807) is 0 Å². The van der Waals surface area contributed by atoms with Gasteiger partial charge in [-0.1, -0.05) is 5.16 Å². The Balaban J connectivity index is 2.09. The second-order valence-electron chi connectivity index (χ2n) is 4.05. The highest BCUT2D eigenvalue weighted by atomic mass is 32.2. The molecule has 2 aromatic rings. The Labute approximate surface area is 115 Å². The monoisotopic (exact) mass is 302 g/mol. The number of aryl methyl sites for hydroxylation is 1. The van der Waals surface area contributed by atoms with Gasteiger partial charge in [-0.05, 0) is 23.9 Å². The quantitative estimate of drug-likeness (QED) is 0.890. The fraction of sp³-hybridized carbons (Fsp3) is 0.400. The van der Waals surface area contributed by atoms with Gasteiger partial charge in [0.2, 0.25) is 11.7 Å². The first-order valence-corrected chi connectivity index (χ1v) is 7.76. The molecule has 0 unspecified atom stereocenters. The van der Waals surface area contributed by atoms with Crippen molar-refractivity contribution in [1.29, 1.82) is 0 Å². The van der Waals surface area contributed by atoms with Gasteiger partial charge in [0.05, 0.1) is 11.4 Å². The van der Waals surface area contributed by atoms with Crippen LogP contribution in [0.3, 0.4) is 0 Å². The van der Waals surface area contributed by atoms with Gasteiger partial charge in [0.15, 0.2) is 0 Å². The van der Waals surface area contributed by atoms with E-state index in [4.69, 9.17) is 4.52 Å². The number of thiophene rings is 1. The zero-order valence-electron chi connectivity index (χ0n) is 10.7. The highest BCUT2D eigenvalue weighted by Gasteiger charge is 2.16. The van der Waals surface area contributed by atoms with Crippen molar-refractivity contribution in [3.05, 3.63) is 22.9 Å². The Morgan fingerprint density at radius 1 is 1.47 bits per heavy atom. The molecule has 0 aliphatic carbocycles. The number of hydrogen-bond acceptors (Lipinski definition) is 6. The van der Waals surface area contributed by atoms with Crippen LogP contribution in [-0.4, -0.2) is 37.0 Å². The Bertz CT molecular complexity index is 660. The average molecular weight is 302 g/mol. The zero-order chi connectivity index (χ0) is 14.0. The van der Waals surface area contributed by atoms with E-state index in [-0.39, 0.29) is 12.4 Å². The first kappa shape index (κ1) is 14.1. The van der Waals surface area contributed by atoms with Gasteiger partial charge in [0, 0.05) is 14.1 Å². The number of aromatic nitrogens is 2. The van der Waals surface area contributed by atoms with Crippen LogP contribution in [0.1, 0.15) is 11.5 Å². The summed E-state index contributed by atoms with van der Waals surface area (Å²) in [5.41, 5.74) is 1.06. The average Bonchev–Trinajstić information content (AvgIpc) is 2.94. The van der Waals surface area contributed by atoms with Crippen molar-refractivity contribution in [2.45, 2.75) is 13.5 Å². The Morgan fingerprint density at radius 2 is 2.21 bits per heavy atom. The number of hydrogen-bond donors (Lipinski definition) is 1. The lowest BCUT2D eigenvalue weighted by atomic mass is 10.3. The lowest BCUT2D eigenvalue weighted by Gasteiger charge is -2.10. The lowest BCUT2D eigenvalue weighted by molar-refractivity contribution is 0.374. The molecule has 9 heteroatoms. The smallest absolute Gasteiger partial charge is 0.279 e. The highest BCUT2D eigenvalue weighted by molar-refractivity contribution is 7.87. The maximum absolute atomic E-state index is 11.5. The molecule has 1 N–H and O–H groups in total. The van der Waals surface area contributed by atoms with Gasteiger partial charge in [0.1, 0.15) is 0 Å². The van der Waals surface area contributed by atoms with Crippen molar-refractivity contribution in [3.8, 4) is 10.7 Å². The summed E-state index contributed by atoms with van der Waals surface area (Å²) in [5, 5.41) is 5.78. The second kappa shape index (κ2) is 5.37. The molecule has 0 aliphatic heterocycles. The van der Waals surface area contributed by atoms with Gasteiger partial charge in [-0.3, -0.25) is 0 Å². The maximum atomic E-state index is 11.5. The molecule has 2 rings (SSSR count). The fourth-order valence-corrected chi connectivity index (χ4v) is 2.72. The van der Waals surface area contributed by atoms with Crippen LogP contribution >= 0.6 is 11.3 Å². The molecule has 0 bridgehead atoms. The molecule has 0 radical (unpaired) electrons. The lowest BCUT2D eigenvalue weighted by Crippen LogP contribution is -2.35. The predicted molar refractivity (Wildman–Crippen MR) is 71.8 cm³/mol. The molecule has 19 heavy (non-hydrogen) atoms. The van der Waals surface area contributed by atoms with E-state index < -0.39 is 10.2 Å². The summed E-state index contributed by atoms with van der Waals surface area (Å²) in [6, 6.07) is 1.96. The van der Waals surface area contributed by atoms with Gasteiger partial charge in [-0.25, -0.2) is 0 Å². The second-order valence-corrected chi connectivity index (χ2v) is 6.94. The molecule has 7 nitrogen and oxygen atoms in total. The summed E-state index contributed by atoms with van der Waals surface area (Å²) in [7, 11) is -0.609. The Hall–Kier alpha value is -1.29. The largest absolute Gasteiger partial charge is 0.337 e. The van der Waals surface area contributed by atoms with Crippen molar-refractivity contribution >= 4 is 21.5 Å². The van der Waals surface area contributed by atoms with E-state index in [0.717, 1.165) is 14.7 Å². The van der Waals surface area contributed by atoms with E-state index >= 15 is 0 Å². The van der Waals surface area contributed by atoms with Crippen LogP contribution in [0.25, 0.3) is 10.7 Å². The SMILES string of the molecule is Cc1ccsc1-c1noc(CNS(=O)(=O)N(C)C)n1. The first-order chi connectivity index (χ1) is 8.90. The van der Waals surface area contributed by atoms with Crippen molar-refractivity contribution in [2.75, 3.05) is 14.1 Å². The molecule has 2 aromatic heterocycles. The molecule has 0 saturated carbocycles. The maximum Gasteiger partial charge on any atom is 0.279 e. The molecule has 0 fully saturated rings. The molecular weight excluding hydrogens is 288 g/mol. The number of nitrogens with one attached hydrogen (secondary N) is 1. The third kappa shape index (κ3) is 3.18. The number of nitrogens with zero attached hydrogens (tertiary/aromatic N) is 3. The summed E-state index contributed by atoms with van der Waals surface area (Å²) >= 11 is 1.51. The molecule has 0 saturated heterocycles. The molecular formula is C10H14N4O3S2. The molecule has 0 amide bonds. The summed E-state index contributed by atoms with van der Waals surface area (Å²) in [5.74, 6) is 0.708. The fourth-order valence-electron chi connectivity index (χ4n) is 1.30. The third-order valence-corrected chi connectivity index (χ3v) is 4.90. The van der Waals surface area contributed by atoms with Crippen LogP contribution in [0.15, 0.2) is 16.0 Å². The zero-order valence-corrected chi connectivity index (χ0v) is 12.4. The van der Waals surface area contributed by atoms with Gasteiger partial charge in [-0.15, -0.1) is 11.3 Å². The Morgan fingerprint density at radius 3 is 2.79 bits per heavy atom. The minimum atomic E-state index is -3.49. The predicted octanol–water partition coefficient (Wildman–Crippen LogP) is 1.00. The van der Waals surface area contributed by atoms with E-state index in [0.29, 0.717) is 5.82 Å². The standard InChI is InChI=1S/C10H14N4O3S2/c1-7-4-5-18-9(7)10-12-8(17-13-10)6-11-19(15,16)14(2)3/h4-5,11H,6H2,1-3H3. The van der Waals surface area contributed by atoms with E-state index in [9.17, 15) is 8.42 Å². The van der Waals surface area contributed by atoms with E-state index in [2.05, 4.69) is 14.9 Å². The summed E-state index contributed by atoms with van der Waals surface area (Å²) in [6.07, 6.45) is 0. The minimum absolute atomic E-state index is 0.0298. The van der Waals surface area contributed by atoms with Crippen LogP contribution in [0.5, 0.6) is 0 Å². The van der Waals surface area contributed by atoms with Crippen molar-refractivity contribution < 1.29 is 12.9 Å².